The molecule has 0 radical (unpaired) electrons. The number of alkyl halides is 3. The lowest BCUT2D eigenvalue weighted by Crippen LogP contribution is -2.31. The molecule has 11 heteroatoms. The maximum Gasteiger partial charge on any atom is 0.416 e. The SMILES string of the molecule is O=C1c2ccccc2C(=O)N1CCCc1nc2cc(Cl)c(Cl)cc2n1C(=O)c1ccc(C(F)(F)F)cc1. The number of imide groups is 1. The molecule has 0 N–H and O–H groups in total. The topological polar surface area (TPSA) is 72.3 Å². The lowest BCUT2D eigenvalue weighted by molar-refractivity contribution is -0.137. The fraction of sp³-hybridized carbons (Fsp3) is 0.154. The Bertz CT molecular complexity index is 1540. The Kier molecular flexibility index (Phi) is 6.29. The van der Waals surface area contributed by atoms with E-state index < -0.39 is 29.5 Å². The van der Waals surface area contributed by atoms with Gasteiger partial charge in [0.25, 0.3) is 17.7 Å². The lowest BCUT2D eigenvalue weighted by Gasteiger charge is -2.14. The fourth-order valence-electron chi connectivity index (χ4n) is 4.29. The number of carbonyl (C=O) groups is 3. The van der Waals surface area contributed by atoms with Gasteiger partial charge in [0.05, 0.1) is 37.8 Å². The van der Waals surface area contributed by atoms with Crippen molar-refractivity contribution in [2.24, 2.45) is 0 Å². The fourth-order valence-corrected chi connectivity index (χ4v) is 4.60. The van der Waals surface area contributed by atoms with E-state index >= 15 is 0 Å². The zero-order chi connectivity index (χ0) is 26.5. The summed E-state index contributed by atoms with van der Waals surface area (Å²) in [6.07, 6.45) is -4.07. The van der Waals surface area contributed by atoms with E-state index in [-0.39, 0.29) is 40.8 Å². The van der Waals surface area contributed by atoms with Gasteiger partial charge < -0.3 is 0 Å². The average Bonchev–Trinajstić information content (AvgIpc) is 3.33. The van der Waals surface area contributed by atoms with Crippen molar-refractivity contribution in [1.29, 1.82) is 0 Å². The van der Waals surface area contributed by atoms with Crippen LogP contribution in [0.15, 0.2) is 60.7 Å². The molecule has 188 valence electrons. The first kappa shape index (κ1) is 25.0. The van der Waals surface area contributed by atoms with Crippen molar-refractivity contribution in [1.82, 2.24) is 14.5 Å². The van der Waals surface area contributed by atoms with Gasteiger partial charge in [-0.05, 0) is 55.0 Å². The molecule has 0 saturated carbocycles. The van der Waals surface area contributed by atoms with Gasteiger partial charge in [0.1, 0.15) is 5.82 Å². The summed E-state index contributed by atoms with van der Waals surface area (Å²) in [6, 6.07) is 13.3. The van der Waals surface area contributed by atoms with E-state index in [0.29, 0.717) is 22.2 Å². The van der Waals surface area contributed by atoms with E-state index in [4.69, 9.17) is 23.2 Å². The van der Waals surface area contributed by atoms with Crippen LogP contribution in [-0.4, -0.2) is 38.7 Å². The minimum Gasteiger partial charge on any atom is -0.274 e. The summed E-state index contributed by atoms with van der Waals surface area (Å²) in [5.41, 5.74) is 0.499. The van der Waals surface area contributed by atoms with Crippen LogP contribution in [0.25, 0.3) is 11.0 Å². The highest BCUT2D eigenvalue weighted by atomic mass is 35.5. The molecule has 0 atom stereocenters. The number of aromatic nitrogens is 2. The molecular weight excluding hydrogens is 530 g/mol. The van der Waals surface area contributed by atoms with Crippen molar-refractivity contribution < 1.29 is 27.6 Å². The third-order valence-corrected chi connectivity index (χ3v) is 6.81. The molecule has 1 aromatic heterocycles. The number of hydrogen-bond donors (Lipinski definition) is 0. The first-order chi connectivity index (χ1) is 17.6. The second kappa shape index (κ2) is 9.32. The zero-order valence-electron chi connectivity index (χ0n) is 18.9. The van der Waals surface area contributed by atoms with Crippen molar-refractivity contribution in [2.45, 2.75) is 19.0 Å². The molecule has 1 aliphatic rings. The highest BCUT2D eigenvalue weighted by Crippen LogP contribution is 2.31. The number of benzene rings is 3. The largest absolute Gasteiger partial charge is 0.416 e. The minimum absolute atomic E-state index is 0.0139. The van der Waals surface area contributed by atoms with Gasteiger partial charge >= 0.3 is 6.18 Å². The molecule has 0 unspecified atom stereocenters. The van der Waals surface area contributed by atoms with Crippen LogP contribution in [0, 0.1) is 0 Å². The highest BCUT2D eigenvalue weighted by molar-refractivity contribution is 6.42. The van der Waals surface area contributed by atoms with Gasteiger partial charge in [-0.25, -0.2) is 4.98 Å². The number of nitrogens with zero attached hydrogens (tertiary/aromatic N) is 3. The van der Waals surface area contributed by atoms with Crippen LogP contribution in [0.2, 0.25) is 10.0 Å². The quantitative estimate of drug-likeness (QED) is 0.277. The van der Waals surface area contributed by atoms with Crippen molar-refractivity contribution in [2.75, 3.05) is 6.54 Å². The molecule has 2 heterocycles. The van der Waals surface area contributed by atoms with Crippen LogP contribution in [-0.2, 0) is 12.6 Å². The first-order valence-corrected chi connectivity index (χ1v) is 11.9. The van der Waals surface area contributed by atoms with Crippen molar-refractivity contribution >= 4 is 52.0 Å². The van der Waals surface area contributed by atoms with E-state index in [0.717, 1.165) is 29.2 Å². The molecule has 0 saturated heterocycles. The smallest absolute Gasteiger partial charge is 0.274 e. The van der Waals surface area contributed by atoms with Crippen molar-refractivity contribution in [3.8, 4) is 0 Å². The number of amides is 2. The Morgan fingerprint density at radius 2 is 1.49 bits per heavy atom. The van der Waals surface area contributed by atoms with Crippen LogP contribution in [0.3, 0.4) is 0 Å². The number of carbonyl (C=O) groups excluding carboxylic acids is 3. The number of aryl methyl sites for hydroxylation is 1. The molecule has 6 nitrogen and oxygen atoms in total. The molecule has 37 heavy (non-hydrogen) atoms. The predicted octanol–water partition coefficient (Wildman–Crippen LogP) is 6.28. The number of imidazole rings is 1. The molecule has 0 bridgehead atoms. The highest BCUT2D eigenvalue weighted by Gasteiger charge is 2.35. The van der Waals surface area contributed by atoms with E-state index in [1.54, 1.807) is 24.3 Å². The molecule has 5 rings (SSSR count). The molecule has 4 aromatic rings. The van der Waals surface area contributed by atoms with Crippen LogP contribution in [0.4, 0.5) is 13.2 Å². The second-order valence-corrected chi connectivity index (χ2v) is 9.22. The summed E-state index contributed by atoms with van der Waals surface area (Å²) in [6.45, 7) is 0.0888. The monoisotopic (exact) mass is 545 g/mol. The Morgan fingerprint density at radius 1 is 0.892 bits per heavy atom. The average molecular weight is 546 g/mol. The maximum absolute atomic E-state index is 13.4. The number of halogens is 5. The summed E-state index contributed by atoms with van der Waals surface area (Å²) >= 11 is 12.3. The van der Waals surface area contributed by atoms with Crippen molar-refractivity contribution in [3.05, 3.63) is 98.8 Å². The molecule has 0 spiro atoms. The van der Waals surface area contributed by atoms with E-state index in [9.17, 15) is 27.6 Å². The van der Waals surface area contributed by atoms with E-state index in [1.807, 2.05) is 0 Å². The molecule has 3 aromatic carbocycles. The molecule has 0 fully saturated rings. The minimum atomic E-state index is -4.54. The lowest BCUT2D eigenvalue weighted by atomic mass is 10.1. The predicted molar refractivity (Wildman–Crippen MR) is 131 cm³/mol. The maximum atomic E-state index is 13.4. The molecule has 1 aliphatic heterocycles. The Morgan fingerprint density at radius 3 is 2.08 bits per heavy atom. The van der Waals surface area contributed by atoms with Crippen LogP contribution in [0.5, 0.6) is 0 Å². The number of rotatable bonds is 5. The molecule has 0 aliphatic carbocycles. The van der Waals surface area contributed by atoms with Crippen LogP contribution in [0.1, 0.15) is 48.9 Å². The summed E-state index contributed by atoms with van der Waals surface area (Å²) in [4.78, 5) is 44.3. The summed E-state index contributed by atoms with van der Waals surface area (Å²) in [7, 11) is 0. The zero-order valence-corrected chi connectivity index (χ0v) is 20.4. The van der Waals surface area contributed by atoms with Gasteiger partial charge in [0.2, 0.25) is 0 Å². The normalized spacial score (nSPS) is 13.5. The second-order valence-electron chi connectivity index (χ2n) is 8.41. The summed E-state index contributed by atoms with van der Waals surface area (Å²) in [5, 5.41) is 0.395. The van der Waals surface area contributed by atoms with Gasteiger partial charge in [-0.15, -0.1) is 0 Å². The van der Waals surface area contributed by atoms with Crippen LogP contribution >= 0.6 is 23.2 Å². The van der Waals surface area contributed by atoms with Crippen molar-refractivity contribution in [3.63, 3.8) is 0 Å². The van der Waals surface area contributed by atoms with Crippen LogP contribution < -0.4 is 0 Å². The molecule has 2 amide bonds. The van der Waals surface area contributed by atoms with Gasteiger partial charge in [-0.1, -0.05) is 35.3 Å². The number of hydrogen-bond acceptors (Lipinski definition) is 4. The third kappa shape index (κ3) is 4.49. The van der Waals surface area contributed by atoms with Gasteiger partial charge in [0, 0.05) is 18.5 Å². The van der Waals surface area contributed by atoms with Gasteiger partial charge in [-0.2, -0.15) is 13.2 Å². The van der Waals surface area contributed by atoms with E-state index in [1.165, 1.54) is 16.7 Å². The van der Waals surface area contributed by atoms with Gasteiger partial charge in [-0.3, -0.25) is 23.9 Å². The first-order valence-electron chi connectivity index (χ1n) is 11.1. The van der Waals surface area contributed by atoms with Gasteiger partial charge in [0.15, 0.2) is 0 Å². The third-order valence-electron chi connectivity index (χ3n) is 6.09. The summed E-state index contributed by atoms with van der Waals surface area (Å²) in [5.74, 6) is -1.11. The van der Waals surface area contributed by atoms with E-state index in [2.05, 4.69) is 4.98 Å². The standard InChI is InChI=1S/C26H16Cl2F3N3O3/c27-18-12-20-21(13-19(18)28)34(23(35)14-7-9-15(10-8-14)26(29,30)31)22(32-20)6-3-11-33-24(36)16-4-1-2-5-17(16)25(33)37/h1-2,4-5,7-10,12-13H,3,6,11H2. The Hall–Kier alpha value is -3.69. The summed E-state index contributed by atoms with van der Waals surface area (Å²) < 4.78 is 40.2. The molecular formula is C26H16Cl2F3N3O3. The Labute approximate surface area is 218 Å². The Balaban J connectivity index is 1.44. The number of fused-ring (bicyclic) bond motifs is 2.